The zero-order valence-corrected chi connectivity index (χ0v) is 14.4. The molecule has 2 aromatic rings. The Labute approximate surface area is 150 Å². The number of carbonyl (C=O) groups is 1. The molecule has 2 fully saturated rings. The van der Waals surface area contributed by atoms with Crippen molar-refractivity contribution in [1.82, 2.24) is 14.7 Å². The number of aromatic nitrogens is 2. The largest absolute Gasteiger partial charge is 0.459 e. The lowest BCUT2D eigenvalue weighted by Crippen LogP contribution is -2.47. The SMILES string of the molecule is O=C(c1ccco1)N1CCOC[C@@]2(CC[C@@H](Cn3ncccc3=O)O2)C1. The molecule has 0 aliphatic carbocycles. The van der Waals surface area contributed by atoms with E-state index in [0.717, 1.165) is 12.8 Å². The van der Waals surface area contributed by atoms with Gasteiger partial charge >= 0.3 is 0 Å². The van der Waals surface area contributed by atoms with Gasteiger partial charge in [0.1, 0.15) is 5.60 Å². The van der Waals surface area contributed by atoms with Crippen LogP contribution in [0.5, 0.6) is 0 Å². The van der Waals surface area contributed by atoms with E-state index in [0.29, 0.717) is 38.6 Å². The maximum atomic E-state index is 12.6. The van der Waals surface area contributed by atoms with Crippen molar-refractivity contribution in [3.8, 4) is 0 Å². The van der Waals surface area contributed by atoms with E-state index in [4.69, 9.17) is 13.9 Å². The number of hydrogen-bond acceptors (Lipinski definition) is 6. The fourth-order valence-electron chi connectivity index (χ4n) is 3.60. The van der Waals surface area contributed by atoms with Gasteiger partial charge in [-0.1, -0.05) is 0 Å². The van der Waals surface area contributed by atoms with E-state index in [1.165, 1.54) is 17.0 Å². The fourth-order valence-corrected chi connectivity index (χ4v) is 3.60. The molecule has 1 amide bonds. The van der Waals surface area contributed by atoms with Crippen molar-refractivity contribution >= 4 is 5.91 Å². The quantitative estimate of drug-likeness (QED) is 0.810. The Hall–Kier alpha value is -2.45. The lowest BCUT2D eigenvalue weighted by Gasteiger charge is -2.31. The first kappa shape index (κ1) is 17.0. The summed E-state index contributed by atoms with van der Waals surface area (Å²) >= 11 is 0. The Balaban J connectivity index is 1.46. The summed E-state index contributed by atoms with van der Waals surface area (Å²) in [5.41, 5.74) is -0.703. The Morgan fingerprint density at radius 1 is 1.35 bits per heavy atom. The van der Waals surface area contributed by atoms with Gasteiger partial charge < -0.3 is 18.8 Å². The number of ether oxygens (including phenoxy) is 2. The van der Waals surface area contributed by atoms with Crippen molar-refractivity contribution in [3.63, 3.8) is 0 Å². The predicted octanol–water partition coefficient (Wildman–Crippen LogP) is 0.927. The summed E-state index contributed by atoms with van der Waals surface area (Å²) in [6.45, 7) is 2.23. The molecule has 4 rings (SSSR count). The number of rotatable bonds is 3. The molecule has 0 radical (unpaired) electrons. The molecule has 2 saturated heterocycles. The first-order valence-electron chi connectivity index (χ1n) is 8.76. The van der Waals surface area contributed by atoms with E-state index in [1.54, 1.807) is 29.3 Å². The van der Waals surface area contributed by atoms with Crippen molar-refractivity contribution in [2.75, 3.05) is 26.3 Å². The molecule has 0 N–H and O–H groups in total. The van der Waals surface area contributed by atoms with Crippen LogP contribution in [0, 0.1) is 0 Å². The molecule has 4 heterocycles. The molecule has 138 valence electrons. The Morgan fingerprint density at radius 2 is 2.27 bits per heavy atom. The standard InChI is InChI=1S/C18H21N3O5/c22-16-4-1-7-19-21(16)11-14-5-6-18(26-14)12-20(8-10-24-13-18)17(23)15-3-2-9-25-15/h1-4,7,9,14H,5-6,8,10-13H2/t14-,18+/m0/s1. The number of furan rings is 1. The molecule has 2 aliphatic heterocycles. The van der Waals surface area contributed by atoms with Gasteiger partial charge in [0.2, 0.25) is 0 Å². The second kappa shape index (κ2) is 7.05. The van der Waals surface area contributed by atoms with E-state index in [9.17, 15) is 9.59 Å². The molecule has 2 aromatic heterocycles. The minimum absolute atomic E-state index is 0.134. The first-order valence-corrected chi connectivity index (χ1v) is 8.76. The van der Waals surface area contributed by atoms with Gasteiger partial charge in [0.05, 0.1) is 38.7 Å². The van der Waals surface area contributed by atoms with E-state index in [2.05, 4.69) is 5.10 Å². The minimum Gasteiger partial charge on any atom is -0.459 e. The van der Waals surface area contributed by atoms with Gasteiger partial charge in [0.25, 0.3) is 11.5 Å². The van der Waals surface area contributed by atoms with Gasteiger partial charge in [-0.2, -0.15) is 5.10 Å². The number of carbonyl (C=O) groups excluding carboxylic acids is 1. The maximum Gasteiger partial charge on any atom is 0.289 e. The minimum atomic E-state index is -0.554. The highest BCUT2D eigenvalue weighted by atomic mass is 16.6. The highest BCUT2D eigenvalue weighted by molar-refractivity contribution is 5.91. The Bertz CT molecular complexity index is 818. The van der Waals surface area contributed by atoms with Crippen LogP contribution in [0.2, 0.25) is 0 Å². The number of amides is 1. The topological polar surface area (TPSA) is 86.8 Å². The molecule has 26 heavy (non-hydrogen) atoms. The second-order valence-corrected chi connectivity index (χ2v) is 6.76. The van der Waals surface area contributed by atoms with Crippen LogP contribution in [0.25, 0.3) is 0 Å². The summed E-state index contributed by atoms with van der Waals surface area (Å²) in [5.74, 6) is 0.157. The second-order valence-electron chi connectivity index (χ2n) is 6.76. The first-order chi connectivity index (χ1) is 12.7. The van der Waals surface area contributed by atoms with E-state index in [-0.39, 0.29) is 17.6 Å². The smallest absolute Gasteiger partial charge is 0.289 e. The van der Waals surface area contributed by atoms with Crippen LogP contribution in [0.15, 0.2) is 45.9 Å². The lowest BCUT2D eigenvalue weighted by molar-refractivity contribution is -0.0884. The van der Waals surface area contributed by atoms with Gasteiger partial charge in [-0.05, 0) is 31.0 Å². The van der Waals surface area contributed by atoms with Crippen molar-refractivity contribution in [3.05, 3.63) is 52.8 Å². The van der Waals surface area contributed by atoms with Gasteiger partial charge in [-0.15, -0.1) is 0 Å². The summed E-state index contributed by atoms with van der Waals surface area (Å²) in [6.07, 6.45) is 4.50. The summed E-state index contributed by atoms with van der Waals surface area (Å²) in [5, 5.41) is 4.09. The summed E-state index contributed by atoms with van der Waals surface area (Å²) < 4.78 is 18.6. The van der Waals surface area contributed by atoms with E-state index in [1.807, 2.05) is 0 Å². The zero-order chi connectivity index (χ0) is 18.0. The average Bonchev–Trinajstić information content (AvgIpc) is 3.25. The highest BCUT2D eigenvalue weighted by Gasteiger charge is 2.44. The molecular formula is C18H21N3O5. The lowest BCUT2D eigenvalue weighted by atomic mass is 10.00. The molecule has 2 aliphatic rings. The van der Waals surface area contributed by atoms with Gasteiger partial charge in [-0.3, -0.25) is 9.59 Å². The molecule has 0 bridgehead atoms. The van der Waals surface area contributed by atoms with Gasteiger partial charge in [-0.25, -0.2) is 4.68 Å². The van der Waals surface area contributed by atoms with Crippen molar-refractivity contribution in [2.24, 2.45) is 0 Å². The zero-order valence-electron chi connectivity index (χ0n) is 14.4. The third kappa shape index (κ3) is 3.42. The van der Waals surface area contributed by atoms with Crippen molar-refractivity contribution in [1.29, 1.82) is 0 Å². The fraction of sp³-hybridized carbons (Fsp3) is 0.500. The molecular weight excluding hydrogens is 338 g/mol. The molecule has 0 saturated carbocycles. The monoisotopic (exact) mass is 359 g/mol. The molecule has 2 atom stereocenters. The third-order valence-corrected chi connectivity index (χ3v) is 4.87. The summed E-state index contributed by atoms with van der Waals surface area (Å²) in [7, 11) is 0. The summed E-state index contributed by atoms with van der Waals surface area (Å²) in [4.78, 5) is 26.2. The molecule has 0 unspecified atom stereocenters. The van der Waals surface area contributed by atoms with Crippen LogP contribution in [-0.2, 0) is 16.0 Å². The molecule has 8 heteroatoms. The Kier molecular flexibility index (Phi) is 4.60. The van der Waals surface area contributed by atoms with Crippen molar-refractivity contribution < 1.29 is 18.7 Å². The normalized spacial score (nSPS) is 26.2. The van der Waals surface area contributed by atoms with Gasteiger partial charge in [0, 0.05) is 18.8 Å². The number of hydrogen-bond donors (Lipinski definition) is 0. The van der Waals surface area contributed by atoms with Crippen LogP contribution >= 0.6 is 0 Å². The molecule has 0 aromatic carbocycles. The van der Waals surface area contributed by atoms with Crippen LogP contribution in [-0.4, -0.2) is 58.6 Å². The van der Waals surface area contributed by atoms with Crippen LogP contribution < -0.4 is 5.56 Å². The van der Waals surface area contributed by atoms with E-state index < -0.39 is 5.60 Å². The van der Waals surface area contributed by atoms with E-state index >= 15 is 0 Å². The van der Waals surface area contributed by atoms with Crippen molar-refractivity contribution in [2.45, 2.75) is 31.1 Å². The summed E-state index contributed by atoms with van der Waals surface area (Å²) in [6, 6.07) is 6.46. The number of nitrogens with zero attached hydrogens (tertiary/aromatic N) is 3. The van der Waals surface area contributed by atoms with Crippen LogP contribution in [0.3, 0.4) is 0 Å². The predicted molar refractivity (Wildman–Crippen MR) is 90.8 cm³/mol. The van der Waals surface area contributed by atoms with Crippen LogP contribution in [0.1, 0.15) is 23.4 Å². The molecule has 1 spiro atoms. The maximum absolute atomic E-state index is 12.6. The molecule has 8 nitrogen and oxygen atoms in total. The van der Waals surface area contributed by atoms with Crippen LogP contribution in [0.4, 0.5) is 0 Å². The third-order valence-electron chi connectivity index (χ3n) is 4.87. The van der Waals surface area contributed by atoms with Gasteiger partial charge in [0.15, 0.2) is 5.76 Å². The highest BCUT2D eigenvalue weighted by Crippen LogP contribution is 2.33. The average molecular weight is 359 g/mol. The Morgan fingerprint density at radius 3 is 3.08 bits per heavy atom.